The molecule has 2 amide bonds. The number of aromatic nitrogens is 2. The Kier molecular flexibility index (Phi) is 8.46. The highest BCUT2D eigenvalue weighted by Gasteiger charge is 2.20. The van der Waals surface area contributed by atoms with Crippen molar-refractivity contribution in [3.05, 3.63) is 102 Å². The fourth-order valence-electron chi connectivity index (χ4n) is 4.06. The molecule has 0 aliphatic carbocycles. The third-order valence-corrected chi connectivity index (χ3v) is 6.14. The van der Waals surface area contributed by atoms with E-state index in [0.717, 1.165) is 24.8 Å². The van der Waals surface area contributed by atoms with E-state index in [4.69, 9.17) is 0 Å². The van der Waals surface area contributed by atoms with Crippen LogP contribution in [0.5, 0.6) is 0 Å². The molecule has 0 bridgehead atoms. The minimum atomic E-state index is -0.361. The van der Waals surface area contributed by atoms with Crippen molar-refractivity contribution in [2.24, 2.45) is 0 Å². The lowest BCUT2D eigenvalue weighted by Gasteiger charge is -2.20. The summed E-state index contributed by atoms with van der Waals surface area (Å²) in [4.78, 5) is 27.7. The number of benzene rings is 3. The summed E-state index contributed by atoms with van der Waals surface area (Å²) in [6, 6.07) is 24.8. The van der Waals surface area contributed by atoms with Gasteiger partial charge < -0.3 is 10.2 Å². The summed E-state index contributed by atoms with van der Waals surface area (Å²) >= 11 is 0. The molecule has 6 nitrogen and oxygen atoms in total. The van der Waals surface area contributed by atoms with Gasteiger partial charge >= 0.3 is 0 Å². The maximum Gasteiger partial charge on any atom is 0.254 e. The zero-order valence-electron chi connectivity index (χ0n) is 21.2. The SMILES string of the molecule is CCCCc1ccc(C(=O)N(CC)CC(=O)Nc2cc(-c3ccccc3)nn2-c2ccc(F)cc2)cc1. The number of carbonyl (C=O) groups excluding carboxylic acids is 2. The van der Waals surface area contributed by atoms with Crippen LogP contribution in [0.3, 0.4) is 0 Å². The van der Waals surface area contributed by atoms with E-state index in [1.54, 1.807) is 22.9 Å². The third-order valence-electron chi connectivity index (χ3n) is 6.14. The summed E-state index contributed by atoms with van der Waals surface area (Å²) in [6.07, 6.45) is 3.21. The van der Waals surface area contributed by atoms with Crippen molar-refractivity contribution in [1.82, 2.24) is 14.7 Å². The Morgan fingerprint density at radius 3 is 2.30 bits per heavy atom. The Morgan fingerprint density at radius 2 is 1.65 bits per heavy atom. The average molecular weight is 499 g/mol. The first-order chi connectivity index (χ1) is 18.0. The Bertz CT molecular complexity index is 1330. The number of aryl methyl sites for hydroxylation is 1. The first kappa shape index (κ1) is 25.8. The number of nitrogens with one attached hydrogen (secondary N) is 1. The van der Waals surface area contributed by atoms with Crippen LogP contribution in [0.4, 0.5) is 10.2 Å². The molecular formula is C30H31FN4O2. The van der Waals surface area contributed by atoms with Crippen LogP contribution in [0.2, 0.25) is 0 Å². The van der Waals surface area contributed by atoms with Gasteiger partial charge in [0.15, 0.2) is 0 Å². The predicted molar refractivity (Wildman–Crippen MR) is 144 cm³/mol. The van der Waals surface area contributed by atoms with Crippen molar-refractivity contribution in [2.45, 2.75) is 33.1 Å². The molecule has 0 aliphatic rings. The summed E-state index contributed by atoms with van der Waals surface area (Å²) < 4.78 is 15.1. The van der Waals surface area contributed by atoms with Crippen molar-refractivity contribution >= 4 is 17.6 Å². The van der Waals surface area contributed by atoms with E-state index in [2.05, 4.69) is 17.3 Å². The van der Waals surface area contributed by atoms with Crippen LogP contribution in [-0.2, 0) is 11.2 Å². The number of rotatable bonds is 10. The normalized spacial score (nSPS) is 10.8. The van der Waals surface area contributed by atoms with Crippen molar-refractivity contribution in [1.29, 1.82) is 0 Å². The quantitative estimate of drug-likeness (QED) is 0.286. The molecule has 0 spiro atoms. The molecule has 0 atom stereocenters. The summed E-state index contributed by atoms with van der Waals surface area (Å²) in [5.41, 5.74) is 3.89. The molecule has 1 aromatic heterocycles. The molecule has 1 heterocycles. The second-order valence-corrected chi connectivity index (χ2v) is 8.84. The molecule has 0 saturated heterocycles. The van der Waals surface area contributed by atoms with E-state index >= 15 is 0 Å². The van der Waals surface area contributed by atoms with Gasteiger partial charge in [-0.05, 0) is 61.7 Å². The Balaban J connectivity index is 1.52. The van der Waals surface area contributed by atoms with Gasteiger partial charge in [-0.25, -0.2) is 9.07 Å². The first-order valence-electron chi connectivity index (χ1n) is 12.6. The number of carbonyl (C=O) groups is 2. The minimum absolute atomic E-state index is 0.109. The standard InChI is InChI=1S/C30H31FN4O2/c1-3-5-9-22-12-14-24(15-13-22)30(37)34(4-2)21-29(36)32-28-20-27(23-10-7-6-8-11-23)33-35(28)26-18-16-25(31)17-19-26/h6-8,10-20H,3-5,9,21H2,1-2H3,(H,32,36). The molecular weight excluding hydrogens is 467 g/mol. The van der Waals surface area contributed by atoms with Crippen molar-refractivity contribution in [2.75, 3.05) is 18.4 Å². The third kappa shape index (κ3) is 6.50. The highest BCUT2D eigenvalue weighted by molar-refractivity contribution is 5.99. The molecule has 37 heavy (non-hydrogen) atoms. The Hall–Kier alpha value is -4.26. The fourth-order valence-corrected chi connectivity index (χ4v) is 4.06. The molecule has 0 saturated carbocycles. The number of halogens is 1. The number of amides is 2. The van der Waals surface area contributed by atoms with Gasteiger partial charge in [0.2, 0.25) is 5.91 Å². The van der Waals surface area contributed by atoms with Crippen molar-refractivity contribution in [3.8, 4) is 16.9 Å². The van der Waals surface area contributed by atoms with E-state index in [1.165, 1.54) is 22.6 Å². The number of likely N-dealkylation sites (N-methyl/N-ethyl adjacent to an activating group) is 1. The van der Waals surface area contributed by atoms with Crippen LogP contribution in [0.25, 0.3) is 16.9 Å². The Morgan fingerprint density at radius 1 is 0.946 bits per heavy atom. The average Bonchev–Trinajstić information content (AvgIpc) is 3.35. The van der Waals surface area contributed by atoms with Crippen LogP contribution < -0.4 is 5.32 Å². The minimum Gasteiger partial charge on any atom is -0.330 e. The first-order valence-corrected chi connectivity index (χ1v) is 12.6. The molecule has 0 radical (unpaired) electrons. The van der Waals surface area contributed by atoms with Gasteiger partial charge in [0.25, 0.3) is 5.91 Å². The van der Waals surface area contributed by atoms with E-state index in [0.29, 0.717) is 29.3 Å². The van der Waals surface area contributed by atoms with Crippen molar-refractivity contribution in [3.63, 3.8) is 0 Å². The molecule has 0 aliphatic heterocycles. The lowest BCUT2D eigenvalue weighted by molar-refractivity contribution is -0.116. The largest absolute Gasteiger partial charge is 0.330 e. The zero-order chi connectivity index (χ0) is 26.2. The molecule has 190 valence electrons. The van der Waals surface area contributed by atoms with Gasteiger partial charge in [-0.1, -0.05) is 55.8 Å². The molecule has 4 rings (SSSR count). The number of hydrogen-bond acceptors (Lipinski definition) is 3. The maximum atomic E-state index is 13.5. The lowest BCUT2D eigenvalue weighted by atomic mass is 10.1. The monoisotopic (exact) mass is 498 g/mol. The van der Waals surface area contributed by atoms with Crippen LogP contribution in [-0.4, -0.2) is 39.6 Å². The molecule has 0 unspecified atom stereocenters. The Labute approximate surface area is 216 Å². The van der Waals surface area contributed by atoms with Crippen LogP contribution >= 0.6 is 0 Å². The van der Waals surface area contributed by atoms with Crippen LogP contribution in [0, 0.1) is 5.82 Å². The number of unbranched alkanes of at least 4 members (excludes halogenated alkanes) is 1. The summed E-state index contributed by atoms with van der Waals surface area (Å²) in [7, 11) is 0. The van der Waals surface area contributed by atoms with Gasteiger partial charge in [-0.15, -0.1) is 0 Å². The maximum absolute atomic E-state index is 13.5. The smallest absolute Gasteiger partial charge is 0.254 e. The number of hydrogen-bond donors (Lipinski definition) is 1. The van der Waals surface area contributed by atoms with Crippen LogP contribution in [0.1, 0.15) is 42.6 Å². The summed E-state index contributed by atoms with van der Waals surface area (Å²) in [6.45, 7) is 4.27. The highest BCUT2D eigenvalue weighted by Crippen LogP contribution is 2.25. The van der Waals surface area contributed by atoms with Crippen molar-refractivity contribution < 1.29 is 14.0 Å². The summed E-state index contributed by atoms with van der Waals surface area (Å²) in [5.74, 6) is -0.478. The fraction of sp³-hybridized carbons (Fsp3) is 0.233. The van der Waals surface area contributed by atoms with E-state index in [1.807, 2.05) is 61.5 Å². The second-order valence-electron chi connectivity index (χ2n) is 8.84. The van der Waals surface area contributed by atoms with E-state index in [9.17, 15) is 14.0 Å². The van der Waals surface area contributed by atoms with Gasteiger partial charge in [-0.3, -0.25) is 9.59 Å². The zero-order valence-corrected chi connectivity index (χ0v) is 21.2. The molecule has 7 heteroatoms. The lowest BCUT2D eigenvalue weighted by Crippen LogP contribution is -2.38. The van der Waals surface area contributed by atoms with Gasteiger partial charge in [-0.2, -0.15) is 5.10 Å². The number of anilines is 1. The van der Waals surface area contributed by atoms with Gasteiger partial charge in [0.1, 0.15) is 18.2 Å². The molecule has 4 aromatic rings. The van der Waals surface area contributed by atoms with Gasteiger partial charge in [0.05, 0.1) is 11.4 Å². The van der Waals surface area contributed by atoms with E-state index < -0.39 is 0 Å². The van der Waals surface area contributed by atoms with Crippen LogP contribution in [0.15, 0.2) is 84.9 Å². The second kappa shape index (κ2) is 12.1. The topological polar surface area (TPSA) is 67.2 Å². The van der Waals surface area contributed by atoms with E-state index in [-0.39, 0.29) is 24.2 Å². The number of nitrogens with zero attached hydrogens (tertiary/aromatic N) is 3. The predicted octanol–water partition coefficient (Wildman–Crippen LogP) is 6.12. The summed E-state index contributed by atoms with van der Waals surface area (Å²) in [5, 5.41) is 7.53. The highest BCUT2D eigenvalue weighted by atomic mass is 19.1. The van der Waals surface area contributed by atoms with Gasteiger partial charge in [0, 0.05) is 23.7 Å². The molecule has 3 aromatic carbocycles. The molecule has 0 fully saturated rings. The molecule has 1 N–H and O–H groups in total.